The van der Waals surface area contributed by atoms with E-state index in [4.69, 9.17) is 9.73 Å². The fourth-order valence-electron chi connectivity index (χ4n) is 4.76. The largest absolute Gasteiger partial charge is 0.491 e. The molecule has 3 amide bonds. The minimum atomic E-state index is -0.830. The highest BCUT2D eigenvalue weighted by molar-refractivity contribution is 6.03. The van der Waals surface area contributed by atoms with Crippen LogP contribution in [0, 0.1) is 13.8 Å². The Balaban J connectivity index is 1.53. The van der Waals surface area contributed by atoms with Crippen LogP contribution in [0.2, 0.25) is 0 Å². The summed E-state index contributed by atoms with van der Waals surface area (Å²) < 4.78 is 5.85. The molecule has 1 N–H and O–H groups in total. The minimum Gasteiger partial charge on any atom is -0.491 e. The molecular formula is C24H35N5O4. The Labute approximate surface area is 195 Å². The molecule has 1 aromatic rings. The number of hydrogen-bond donors (Lipinski definition) is 1. The number of guanidine groups is 1. The van der Waals surface area contributed by atoms with E-state index in [1.54, 1.807) is 7.05 Å². The fraction of sp³-hybridized carbons (Fsp3) is 0.625. The molecule has 0 radical (unpaired) electrons. The maximum Gasteiger partial charge on any atom is 0.328 e. The van der Waals surface area contributed by atoms with Crippen molar-refractivity contribution >= 4 is 17.9 Å². The number of hydrogen-bond acceptors (Lipinski definition) is 7. The number of imide groups is 1. The molecule has 9 nitrogen and oxygen atoms in total. The van der Waals surface area contributed by atoms with E-state index in [1.807, 2.05) is 36.9 Å². The number of ether oxygens (including phenoxy) is 1. The van der Waals surface area contributed by atoms with Crippen molar-refractivity contribution in [3.05, 3.63) is 29.3 Å². The molecule has 3 heterocycles. The van der Waals surface area contributed by atoms with Crippen LogP contribution in [0.15, 0.2) is 23.2 Å². The van der Waals surface area contributed by atoms with Gasteiger partial charge in [0.05, 0.1) is 6.54 Å². The highest BCUT2D eigenvalue weighted by atomic mass is 16.5. The second-order valence-corrected chi connectivity index (χ2v) is 9.34. The van der Waals surface area contributed by atoms with Gasteiger partial charge in [-0.1, -0.05) is 18.9 Å². The van der Waals surface area contributed by atoms with Crippen molar-refractivity contribution in [2.24, 2.45) is 4.99 Å². The predicted octanol–water partition coefficient (Wildman–Crippen LogP) is 1.81. The summed E-state index contributed by atoms with van der Waals surface area (Å²) in [5, 5.41) is 10.9. The number of rotatable bonds is 5. The molecule has 1 aromatic carbocycles. The van der Waals surface area contributed by atoms with Gasteiger partial charge in [0, 0.05) is 27.2 Å². The summed E-state index contributed by atoms with van der Waals surface area (Å²) in [6.07, 6.45) is 3.04. The summed E-state index contributed by atoms with van der Waals surface area (Å²) in [6, 6.07) is 4.84. The quantitative estimate of drug-likeness (QED) is 0.726. The molecule has 0 bridgehead atoms. The number of carbonyl (C=O) groups is 2. The van der Waals surface area contributed by atoms with Gasteiger partial charge in [-0.05, 0) is 49.9 Å². The number of likely N-dealkylation sites (tertiary alicyclic amines) is 1. The average molecular weight is 458 g/mol. The number of aryl methyl sites for hydroxylation is 2. The van der Waals surface area contributed by atoms with Gasteiger partial charge < -0.3 is 24.5 Å². The average Bonchev–Trinajstić information content (AvgIpc) is 2.97. The van der Waals surface area contributed by atoms with Crippen LogP contribution in [0.25, 0.3) is 0 Å². The zero-order valence-electron chi connectivity index (χ0n) is 20.0. The Morgan fingerprint density at radius 3 is 2.45 bits per heavy atom. The van der Waals surface area contributed by atoms with Crippen LogP contribution >= 0.6 is 0 Å². The molecule has 3 atom stereocenters. The van der Waals surface area contributed by atoms with Crippen molar-refractivity contribution in [1.29, 1.82) is 0 Å². The highest BCUT2D eigenvalue weighted by Crippen LogP contribution is 2.29. The van der Waals surface area contributed by atoms with Crippen molar-refractivity contribution < 1.29 is 19.4 Å². The lowest BCUT2D eigenvalue weighted by Crippen LogP contribution is -2.65. The Morgan fingerprint density at radius 1 is 1.09 bits per heavy atom. The van der Waals surface area contributed by atoms with E-state index in [9.17, 15) is 14.7 Å². The summed E-state index contributed by atoms with van der Waals surface area (Å²) in [5.41, 5.74) is 2.31. The molecule has 0 spiro atoms. The van der Waals surface area contributed by atoms with E-state index in [1.165, 1.54) is 30.4 Å². The van der Waals surface area contributed by atoms with Crippen molar-refractivity contribution in [1.82, 2.24) is 19.6 Å². The van der Waals surface area contributed by atoms with E-state index in [0.717, 1.165) is 36.4 Å². The van der Waals surface area contributed by atoms with Crippen LogP contribution in [0.4, 0.5) is 4.79 Å². The molecule has 4 rings (SSSR count). The van der Waals surface area contributed by atoms with Crippen molar-refractivity contribution in [3.8, 4) is 5.75 Å². The number of likely N-dealkylation sites (N-methyl/N-ethyl adjacent to an activating group) is 2. The van der Waals surface area contributed by atoms with E-state index in [0.29, 0.717) is 11.7 Å². The monoisotopic (exact) mass is 457 g/mol. The van der Waals surface area contributed by atoms with Crippen LogP contribution in [-0.2, 0) is 4.79 Å². The first-order valence-electron chi connectivity index (χ1n) is 11.8. The number of aliphatic hydroxyl groups is 1. The van der Waals surface area contributed by atoms with Crippen LogP contribution in [0.1, 0.15) is 36.8 Å². The van der Waals surface area contributed by atoms with Crippen LogP contribution in [0.5, 0.6) is 5.75 Å². The molecule has 3 aliphatic rings. The van der Waals surface area contributed by atoms with Crippen molar-refractivity contribution in [2.45, 2.75) is 57.8 Å². The van der Waals surface area contributed by atoms with Gasteiger partial charge in [-0.25, -0.2) is 9.79 Å². The Morgan fingerprint density at radius 2 is 1.79 bits per heavy atom. The maximum atomic E-state index is 13.1. The third-order valence-electron chi connectivity index (χ3n) is 6.91. The number of urea groups is 1. The van der Waals surface area contributed by atoms with Crippen LogP contribution < -0.4 is 4.74 Å². The van der Waals surface area contributed by atoms with E-state index in [-0.39, 0.29) is 25.1 Å². The fourth-order valence-corrected chi connectivity index (χ4v) is 4.76. The van der Waals surface area contributed by atoms with Crippen LogP contribution in [0.3, 0.4) is 0 Å². The lowest BCUT2D eigenvalue weighted by atomic mass is 10.1. The third kappa shape index (κ3) is 4.64. The van der Waals surface area contributed by atoms with Gasteiger partial charge in [-0.3, -0.25) is 9.69 Å². The van der Waals surface area contributed by atoms with Crippen molar-refractivity contribution in [3.63, 3.8) is 0 Å². The summed E-state index contributed by atoms with van der Waals surface area (Å²) in [7, 11) is 3.17. The standard InChI is InChI=1S/C24H35N5O4/c1-16-9-10-19(13-17(16)2)33-15-18(30)14-29-20-21(26(3)24(32)27(4)22(20)31)25-23(29)28-11-7-5-6-8-12-28/h9-10,13,18,20-21,30H,5-8,11-12,14-15H2,1-4H3. The number of benzene rings is 1. The first kappa shape index (κ1) is 23.4. The SMILES string of the molecule is Cc1ccc(OCC(O)CN2C(N3CCCCCC3)=NC3C2C(=O)N(C)C(=O)N3C)cc1C. The number of nitrogens with zero attached hydrogens (tertiary/aromatic N) is 5. The number of aliphatic hydroxyl groups excluding tert-OH is 1. The van der Waals surface area contributed by atoms with E-state index in [2.05, 4.69) is 4.90 Å². The number of aliphatic imine (C=N–C) groups is 1. The number of amides is 3. The second-order valence-electron chi connectivity index (χ2n) is 9.34. The maximum absolute atomic E-state index is 13.1. The van der Waals surface area contributed by atoms with E-state index >= 15 is 0 Å². The summed E-state index contributed by atoms with van der Waals surface area (Å²) in [5.74, 6) is 1.11. The van der Waals surface area contributed by atoms with Gasteiger partial charge in [0.15, 0.2) is 18.2 Å². The smallest absolute Gasteiger partial charge is 0.328 e. The minimum absolute atomic E-state index is 0.0997. The Kier molecular flexibility index (Phi) is 6.78. The molecule has 33 heavy (non-hydrogen) atoms. The molecule has 3 unspecified atom stereocenters. The molecule has 0 saturated carbocycles. The van der Waals surface area contributed by atoms with Gasteiger partial charge in [0.25, 0.3) is 5.91 Å². The van der Waals surface area contributed by atoms with Gasteiger partial charge in [-0.2, -0.15) is 0 Å². The summed E-state index contributed by atoms with van der Waals surface area (Å²) in [4.78, 5) is 37.2. The topological polar surface area (TPSA) is 88.9 Å². The molecule has 180 valence electrons. The summed E-state index contributed by atoms with van der Waals surface area (Å²) >= 11 is 0. The Hall–Kier alpha value is -2.81. The second kappa shape index (κ2) is 9.59. The van der Waals surface area contributed by atoms with Gasteiger partial charge in [0.2, 0.25) is 0 Å². The predicted molar refractivity (Wildman–Crippen MR) is 125 cm³/mol. The normalized spacial score (nSPS) is 24.6. The first-order valence-corrected chi connectivity index (χ1v) is 11.8. The molecule has 9 heteroatoms. The summed E-state index contributed by atoms with van der Waals surface area (Å²) in [6.45, 7) is 6.07. The highest BCUT2D eigenvalue weighted by Gasteiger charge is 2.52. The van der Waals surface area contributed by atoms with Gasteiger partial charge in [-0.15, -0.1) is 0 Å². The molecular weight excluding hydrogens is 422 g/mol. The molecule has 2 fully saturated rings. The molecule has 3 aliphatic heterocycles. The number of carbonyl (C=O) groups excluding carboxylic acids is 2. The number of β-amino-alcohol motifs (C(OH)–C–C–N with tert-alkyl or cyclic N) is 1. The zero-order valence-corrected chi connectivity index (χ0v) is 20.0. The first-order chi connectivity index (χ1) is 15.8. The number of fused-ring (bicyclic) bond motifs is 1. The molecule has 0 aliphatic carbocycles. The zero-order chi connectivity index (χ0) is 23.7. The van der Waals surface area contributed by atoms with Gasteiger partial charge in [0.1, 0.15) is 18.5 Å². The lowest BCUT2D eigenvalue weighted by molar-refractivity contribution is -0.136. The molecule has 0 aromatic heterocycles. The Bertz CT molecular complexity index is 927. The lowest BCUT2D eigenvalue weighted by Gasteiger charge is -2.41. The van der Waals surface area contributed by atoms with E-state index < -0.39 is 18.3 Å². The third-order valence-corrected chi connectivity index (χ3v) is 6.91. The van der Waals surface area contributed by atoms with Crippen LogP contribution in [-0.4, -0.2) is 101 Å². The van der Waals surface area contributed by atoms with Gasteiger partial charge >= 0.3 is 6.03 Å². The van der Waals surface area contributed by atoms with Crippen molar-refractivity contribution in [2.75, 3.05) is 40.3 Å². The molecule has 2 saturated heterocycles.